The van der Waals surface area contributed by atoms with Crippen LogP contribution in [0.3, 0.4) is 0 Å². The number of carbonyl (C=O) groups is 1. The molecule has 0 aliphatic heterocycles. The van der Waals surface area contributed by atoms with Crippen molar-refractivity contribution in [1.82, 2.24) is 4.90 Å². The maximum absolute atomic E-state index is 13.8. The summed E-state index contributed by atoms with van der Waals surface area (Å²) in [6.07, 6.45) is 4.89. The summed E-state index contributed by atoms with van der Waals surface area (Å²) in [7, 11) is 0. The van der Waals surface area contributed by atoms with E-state index >= 15 is 0 Å². The summed E-state index contributed by atoms with van der Waals surface area (Å²) >= 11 is 4.89. The van der Waals surface area contributed by atoms with Gasteiger partial charge in [-0.2, -0.15) is 11.3 Å². The molecule has 2 rings (SSSR count). The molecule has 22 heavy (non-hydrogen) atoms. The first-order valence-corrected chi connectivity index (χ1v) is 8.37. The standard InChI is InChI=1S/C17H15BrFNOS/c1-2-8-20(11-14-10-15(18)4-5-16(14)19)17(21)6-3-13-7-9-22-12-13/h2-7,9-10,12H,1,8,11H2/b6-3+. The van der Waals surface area contributed by atoms with Crippen LogP contribution in [0.2, 0.25) is 0 Å². The van der Waals surface area contributed by atoms with Gasteiger partial charge in [0.1, 0.15) is 5.82 Å². The van der Waals surface area contributed by atoms with Gasteiger partial charge in [-0.05, 0) is 46.7 Å². The monoisotopic (exact) mass is 379 g/mol. The zero-order valence-corrected chi connectivity index (χ0v) is 14.2. The van der Waals surface area contributed by atoms with Gasteiger partial charge in [0.25, 0.3) is 0 Å². The zero-order chi connectivity index (χ0) is 15.9. The van der Waals surface area contributed by atoms with Crippen LogP contribution in [0.25, 0.3) is 6.08 Å². The number of halogens is 2. The predicted molar refractivity (Wildman–Crippen MR) is 93.1 cm³/mol. The van der Waals surface area contributed by atoms with E-state index in [9.17, 15) is 9.18 Å². The molecule has 5 heteroatoms. The maximum atomic E-state index is 13.8. The van der Waals surface area contributed by atoms with Gasteiger partial charge < -0.3 is 4.90 Å². The molecule has 0 N–H and O–H groups in total. The summed E-state index contributed by atoms with van der Waals surface area (Å²) in [4.78, 5) is 13.8. The number of amides is 1. The van der Waals surface area contributed by atoms with Crippen molar-refractivity contribution >= 4 is 39.2 Å². The molecule has 1 heterocycles. The number of benzene rings is 1. The number of hydrogen-bond acceptors (Lipinski definition) is 2. The van der Waals surface area contributed by atoms with Crippen LogP contribution in [-0.2, 0) is 11.3 Å². The Hall–Kier alpha value is -1.72. The Morgan fingerprint density at radius 3 is 2.91 bits per heavy atom. The van der Waals surface area contributed by atoms with Crippen molar-refractivity contribution in [3.05, 3.63) is 75.2 Å². The molecular formula is C17H15BrFNOS. The molecule has 0 atom stereocenters. The molecule has 0 saturated heterocycles. The highest BCUT2D eigenvalue weighted by atomic mass is 79.9. The highest BCUT2D eigenvalue weighted by molar-refractivity contribution is 9.10. The predicted octanol–water partition coefficient (Wildman–Crippen LogP) is 4.88. The molecule has 1 aromatic heterocycles. The second kappa shape index (κ2) is 8.06. The van der Waals surface area contributed by atoms with Crippen molar-refractivity contribution in [3.63, 3.8) is 0 Å². The molecule has 1 amide bonds. The van der Waals surface area contributed by atoms with Crippen molar-refractivity contribution in [1.29, 1.82) is 0 Å². The largest absolute Gasteiger partial charge is 0.331 e. The molecule has 0 aliphatic carbocycles. The van der Waals surface area contributed by atoms with E-state index in [0.29, 0.717) is 12.1 Å². The van der Waals surface area contributed by atoms with Gasteiger partial charge in [0.15, 0.2) is 0 Å². The lowest BCUT2D eigenvalue weighted by molar-refractivity contribution is -0.126. The van der Waals surface area contributed by atoms with E-state index in [4.69, 9.17) is 0 Å². The molecule has 2 aromatic rings. The van der Waals surface area contributed by atoms with Gasteiger partial charge in [-0.15, -0.1) is 6.58 Å². The first-order chi connectivity index (χ1) is 10.6. The Balaban J connectivity index is 2.13. The number of hydrogen-bond donors (Lipinski definition) is 0. The second-order valence-electron chi connectivity index (χ2n) is 4.63. The molecule has 0 saturated carbocycles. The molecule has 0 aliphatic rings. The highest BCUT2D eigenvalue weighted by Gasteiger charge is 2.13. The van der Waals surface area contributed by atoms with Crippen LogP contribution in [-0.4, -0.2) is 17.4 Å². The second-order valence-corrected chi connectivity index (χ2v) is 6.33. The molecule has 1 aromatic carbocycles. The van der Waals surface area contributed by atoms with E-state index in [1.165, 1.54) is 12.1 Å². The number of rotatable bonds is 6. The van der Waals surface area contributed by atoms with Crippen LogP contribution in [0, 0.1) is 5.82 Å². The van der Waals surface area contributed by atoms with E-state index in [-0.39, 0.29) is 18.3 Å². The van der Waals surface area contributed by atoms with E-state index in [0.717, 1.165) is 10.0 Å². The third-order valence-electron chi connectivity index (χ3n) is 2.99. The minimum absolute atomic E-state index is 0.175. The Kier molecular flexibility index (Phi) is 6.10. The topological polar surface area (TPSA) is 20.3 Å². The zero-order valence-electron chi connectivity index (χ0n) is 11.8. The summed E-state index contributed by atoms with van der Waals surface area (Å²) in [5, 5.41) is 3.90. The third kappa shape index (κ3) is 4.64. The van der Waals surface area contributed by atoms with Crippen molar-refractivity contribution in [2.75, 3.05) is 6.54 Å². The quantitative estimate of drug-likeness (QED) is 0.517. The fraction of sp³-hybridized carbons (Fsp3) is 0.118. The van der Waals surface area contributed by atoms with Crippen molar-refractivity contribution in [3.8, 4) is 0 Å². The van der Waals surface area contributed by atoms with Gasteiger partial charge in [-0.25, -0.2) is 4.39 Å². The van der Waals surface area contributed by atoms with Gasteiger partial charge in [0.05, 0.1) is 0 Å². The van der Waals surface area contributed by atoms with Crippen LogP contribution in [0.1, 0.15) is 11.1 Å². The summed E-state index contributed by atoms with van der Waals surface area (Å²) < 4.78 is 14.6. The Morgan fingerprint density at radius 2 is 2.23 bits per heavy atom. The van der Waals surface area contributed by atoms with Crippen molar-refractivity contribution in [2.45, 2.75) is 6.54 Å². The van der Waals surface area contributed by atoms with Gasteiger partial charge >= 0.3 is 0 Å². The first kappa shape index (κ1) is 16.6. The SMILES string of the molecule is C=CCN(Cc1cc(Br)ccc1F)C(=O)/C=C/c1ccsc1. The minimum Gasteiger partial charge on any atom is -0.331 e. The molecule has 114 valence electrons. The summed E-state index contributed by atoms with van der Waals surface area (Å²) in [5.41, 5.74) is 1.44. The Morgan fingerprint density at radius 1 is 1.41 bits per heavy atom. The van der Waals surface area contributed by atoms with Gasteiger partial charge in [0, 0.05) is 29.2 Å². The molecular weight excluding hydrogens is 365 g/mol. The van der Waals surface area contributed by atoms with Gasteiger partial charge in [-0.3, -0.25) is 4.79 Å². The summed E-state index contributed by atoms with van der Waals surface area (Å²) in [6.45, 7) is 4.21. The highest BCUT2D eigenvalue weighted by Crippen LogP contribution is 2.18. The number of nitrogens with zero attached hydrogens (tertiary/aromatic N) is 1. The number of thiophene rings is 1. The number of carbonyl (C=O) groups excluding carboxylic acids is 1. The third-order valence-corrected chi connectivity index (χ3v) is 4.19. The van der Waals surface area contributed by atoms with E-state index in [1.54, 1.807) is 40.5 Å². The average molecular weight is 380 g/mol. The Labute approximate surface area is 141 Å². The lowest BCUT2D eigenvalue weighted by Crippen LogP contribution is -2.29. The maximum Gasteiger partial charge on any atom is 0.247 e. The summed E-state index contributed by atoms with van der Waals surface area (Å²) in [6, 6.07) is 6.63. The average Bonchev–Trinajstić information content (AvgIpc) is 3.01. The van der Waals surface area contributed by atoms with E-state index in [2.05, 4.69) is 22.5 Å². The van der Waals surface area contributed by atoms with Gasteiger partial charge in [0.2, 0.25) is 5.91 Å². The van der Waals surface area contributed by atoms with Crippen LogP contribution >= 0.6 is 27.3 Å². The van der Waals surface area contributed by atoms with E-state index in [1.807, 2.05) is 16.8 Å². The Bertz CT molecular complexity index is 682. The smallest absolute Gasteiger partial charge is 0.247 e. The molecule has 0 fully saturated rings. The fourth-order valence-corrected chi connectivity index (χ4v) is 2.94. The minimum atomic E-state index is -0.327. The lowest BCUT2D eigenvalue weighted by atomic mass is 10.2. The molecule has 0 bridgehead atoms. The lowest BCUT2D eigenvalue weighted by Gasteiger charge is -2.20. The van der Waals surface area contributed by atoms with Crippen LogP contribution in [0.4, 0.5) is 4.39 Å². The van der Waals surface area contributed by atoms with Crippen LogP contribution in [0.15, 0.2) is 58.2 Å². The van der Waals surface area contributed by atoms with E-state index < -0.39 is 0 Å². The van der Waals surface area contributed by atoms with Gasteiger partial charge in [-0.1, -0.05) is 22.0 Å². The first-order valence-electron chi connectivity index (χ1n) is 6.64. The fourth-order valence-electron chi connectivity index (χ4n) is 1.90. The van der Waals surface area contributed by atoms with Crippen molar-refractivity contribution in [2.24, 2.45) is 0 Å². The molecule has 0 radical (unpaired) electrons. The summed E-state index contributed by atoms with van der Waals surface area (Å²) in [5.74, 6) is -0.502. The molecule has 0 unspecified atom stereocenters. The van der Waals surface area contributed by atoms with Crippen LogP contribution in [0.5, 0.6) is 0 Å². The van der Waals surface area contributed by atoms with Crippen LogP contribution < -0.4 is 0 Å². The molecule has 0 spiro atoms. The normalized spacial score (nSPS) is 10.8. The molecule has 2 nitrogen and oxygen atoms in total. The van der Waals surface area contributed by atoms with Crippen molar-refractivity contribution < 1.29 is 9.18 Å².